The first kappa shape index (κ1) is 22.9. The average Bonchev–Trinajstić information content (AvgIpc) is 2.83. The Kier molecular flexibility index (Phi) is 7.20. The molecule has 0 fully saturated rings. The fourth-order valence-corrected chi connectivity index (χ4v) is 4.60. The van der Waals surface area contributed by atoms with Crippen molar-refractivity contribution >= 4 is 57.3 Å². The number of benzene rings is 1. The van der Waals surface area contributed by atoms with Crippen LogP contribution in [0.3, 0.4) is 0 Å². The minimum atomic E-state index is -0.363. The SMILES string of the molecule is COC1=C(Cl)C(c2cc3cnc(SC)nc3c(NCc3ccccc3)n2)=C(Cl)C(OC)C1. The van der Waals surface area contributed by atoms with Crippen molar-refractivity contribution in [2.75, 3.05) is 25.8 Å². The van der Waals surface area contributed by atoms with Gasteiger partial charge < -0.3 is 14.8 Å². The molecule has 0 saturated heterocycles. The Labute approximate surface area is 201 Å². The lowest BCUT2D eigenvalue weighted by Crippen LogP contribution is -2.19. The van der Waals surface area contributed by atoms with E-state index in [1.54, 1.807) is 20.4 Å². The Morgan fingerprint density at radius 2 is 1.94 bits per heavy atom. The van der Waals surface area contributed by atoms with E-state index in [-0.39, 0.29) is 6.10 Å². The molecule has 4 rings (SSSR count). The molecule has 0 bridgehead atoms. The van der Waals surface area contributed by atoms with Crippen LogP contribution in [0.1, 0.15) is 17.7 Å². The number of hydrogen-bond donors (Lipinski definition) is 1. The third-order valence-corrected chi connectivity index (χ3v) is 6.57. The lowest BCUT2D eigenvalue weighted by atomic mass is 9.98. The fraction of sp³-hybridized carbons (Fsp3) is 0.261. The number of hydrogen-bond acceptors (Lipinski definition) is 7. The molecule has 1 N–H and O–H groups in total. The van der Waals surface area contributed by atoms with Gasteiger partial charge in [-0.15, -0.1) is 0 Å². The number of allylic oxidation sites excluding steroid dienone is 2. The third-order valence-electron chi connectivity index (χ3n) is 5.17. The summed E-state index contributed by atoms with van der Waals surface area (Å²) in [5.74, 6) is 1.23. The molecule has 166 valence electrons. The maximum absolute atomic E-state index is 6.71. The number of thioether (sulfide) groups is 1. The maximum atomic E-state index is 6.71. The van der Waals surface area contributed by atoms with Gasteiger partial charge in [0.15, 0.2) is 11.0 Å². The number of methoxy groups -OCH3 is 2. The number of nitrogens with zero attached hydrogens (tertiary/aromatic N) is 3. The largest absolute Gasteiger partial charge is 0.499 e. The van der Waals surface area contributed by atoms with Crippen LogP contribution in [0.5, 0.6) is 0 Å². The summed E-state index contributed by atoms with van der Waals surface area (Å²) in [5, 5.41) is 5.82. The Balaban J connectivity index is 1.86. The van der Waals surface area contributed by atoms with E-state index in [4.69, 9.17) is 37.7 Å². The smallest absolute Gasteiger partial charge is 0.187 e. The number of rotatable bonds is 7. The summed E-state index contributed by atoms with van der Waals surface area (Å²) in [6.45, 7) is 0.589. The van der Waals surface area contributed by atoms with E-state index in [0.717, 1.165) is 16.5 Å². The van der Waals surface area contributed by atoms with E-state index < -0.39 is 0 Å². The van der Waals surface area contributed by atoms with Crippen molar-refractivity contribution in [3.63, 3.8) is 0 Å². The molecular weight excluding hydrogens is 467 g/mol. The zero-order chi connectivity index (χ0) is 22.7. The molecule has 32 heavy (non-hydrogen) atoms. The minimum Gasteiger partial charge on any atom is -0.499 e. The Morgan fingerprint density at radius 1 is 1.16 bits per heavy atom. The van der Waals surface area contributed by atoms with Crippen molar-refractivity contribution in [2.24, 2.45) is 0 Å². The number of aromatic nitrogens is 3. The molecule has 1 aliphatic carbocycles. The van der Waals surface area contributed by atoms with Gasteiger partial charge in [-0.25, -0.2) is 15.0 Å². The molecule has 9 heteroatoms. The molecule has 3 aromatic rings. The van der Waals surface area contributed by atoms with E-state index in [1.165, 1.54) is 11.8 Å². The van der Waals surface area contributed by atoms with Crippen LogP contribution in [0.4, 0.5) is 5.82 Å². The normalized spacial score (nSPS) is 16.6. The van der Waals surface area contributed by atoms with Gasteiger partial charge in [0, 0.05) is 37.2 Å². The van der Waals surface area contributed by atoms with Crippen molar-refractivity contribution < 1.29 is 9.47 Å². The van der Waals surface area contributed by atoms with Gasteiger partial charge in [-0.05, 0) is 17.9 Å². The van der Waals surface area contributed by atoms with Crippen LogP contribution in [0.2, 0.25) is 0 Å². The number of pyridine rings is 1. The van der Waals surface area contributed by atoms with Crippen LogP contribution < -0.4 is 5.32 Å². The molecule has 0 aliphatic heterocycles. The average molecular weight is 489 g/mol. The van der Waals surface area contributed by atoms with Crippen molar-refractivity contribution in [1.29, 1.82) is 0 Å². The molecule has 0 saturated carbocycles. The molecule has 0 radical (unpaired) electrons. The predicted molar refractivity (Wildman–Crippen MR) is 131 cm³/mol. The Bertz CT molecular complexity index is 1200. The van der Waals surface area contributed by atoms with Gasteiger partial charge in [0.25, 0.3) is 0 Å². The molecule has 2 heterocycles. The topological polar surface area (TPSA) is 69.2 Å². The summed E-state index contributed by atoms with van der Waals surface area (Å²) >= 11 is 14.9. The second kappa shape index (κ2) is 10.1. The molecule has 0 spiro atoms. The van der Waals surface area contributed by atoms with E-state index in [1.807, 2.05) is 30.5 Å². The minimum absolute atomic E-state index is 0.363. The van der Waals surface area contributed by atoms with Gasteiger partial charge in [-0.3, -0.25) is 0 Å². The van der Waals surface area contributed by atoms with Gasteiger partial charge >= 0.3 is 0 Å². The van der Waals surface area contributed by atoms with E-state index in [2.05, 4.69) is 27.4 Å². The fourth-order valence-electron chi connectivity index (χ4n) is 3.50. The first-order chi connectivity index (χ1) is 15.5. The van der Waals surface area contributed by atoms with Crippen LogP contribution in [-0.4, -0.2) is 41.5 Å². The standard InChI is InChI=1S/C23H22Cl2N4O2S/c1-30-16-10-17(31-2)20(25)18(19(16)24)15-9-14-12-27-23(32-3)29-21(14)22(28-15)26-11-13-7-5-4-6-8-13/h4-9,12,16H,10-11H2,1-3H3,(H,26,28). The molecule has 1 aliphatic rings. The summed E-state index contributed by atoms with van der Waals surface area (Å²) < 4.78 is 11.0. The van der Waals surface area contributed by atoms with Gasteiger partial charge in [0.1, 0.15) is 17.4 Å². The van der Waals surface area contributed by atoms with Gasteiger partial charge in [0.05, 0.1) is 22.9 Å². The van der Waals surface area contributed by atoms with E-state index in [9.17, 15) is 0 Å². The van der Waals surface area contributed by atoms with Gasteiger partial charge in [-0.1, -0.05) is 65.3 Å². The molecule has 0 amide bonds. The van der Waals surface area contributed by atoms with Crippen molar-refractivity contribution in [1.82, 2.24) is 15.0 Å². The highest BCUT2D eigenvalue weighted by Gasteiger charge is 2.30. The maximum Gasteiger partial charge on any atom is 0.187 e. The lowest BCUT2D eigenvalue weighted by molar-refractivity contribution is 0.118. The zero-order valence-corrected chi connectivity index (χ0v) is 20.2. The molecule has 1 atom stereocenters. The molecule has 2 aromatic heterocycles. The molecule has 6 nitrogen and oxygen atoms in total. The highest BCUT2D eigenvalue weighted by Crippen LogP contribution is 2.42. The number of anilines is 1. The highest BCUT2D eigenvalue weighted by molar-refractivity contribution is 7.98. The van der Waals surface area contributed by atoms with E-state index >= 15 is 0 Å². The van der Waals surface area contributed by atoms with Crippen molar-refractivity contribution in [3.8, 4) is 0 Å². The lowest BCUT2D eigenvalue weighted by Gasteiger charge is -2.26. The first-order valence-corrected chi connectivity index (χ1v) is 11.9. The van der Waals surface area contributed by atoms with Crippen LogP contribution in [0.25, 0.3) is 16.5 Å². The predicted octanol–water partition coefficient (Wildman–Crippen LogP) is 5.82. The van der Waals surface area contributed by atoms with Gasteiger partial charge in [-0.2, -0.15) is 0 Å². The second-order valence-corrected chi connectivity index (χ2v) is 8.64. The number of nitrogens with one attached hydrogen (secondary N) is 1. The van der Waals surface area contributed by atoms with Gasteiger partial charge in [0.2, 0.25) is 0 Å². The molecule has 1 aromatic carbocycles. The highest BCUT2D eigenvalue weighted by atomic mass is 35.5. The number of halogens is 2. The molecular formula is C23H22Cl2N4O2S. The summed E-state index contributed by atoms with van der Waals surface area (Å²) in [5.41, 5.74) is 3.04. The molecule has 1 unspecified atom stereocenters. The van der Waals surface area contributed by atoms with Crippen LogP contribution >= 0.6 is 35.0 Å². The summed E-state index contributed by atoms with van der Waals surface area (Å²) in [6, 6.07) is 12.0. The summed E-state index contributed by atoms with van der Waals surface area (Å²) in [7, 11) is 3.19. The first-order valence-electron chi connectivity index (χ1n) is 9.91. The van der Waals surface area contributed by atoms with Crippen LogP contribution in [0, 0.1) is 0 Å². The summed E-state index contributed by atoms with van der Waals surface area (Å²) in [6.07, 6.45) is 3.82. The third kappa shape index (κ3) is 4.57. The van der Waals surface area contributed by atoms with Crippen molar-refractivity contribution in [2.45, 2.75) is 24.2 Å². The monoisotopic (exact) mass is 488 g/mol. The Morgan fingerprint density at radius 3 is 2.62 bits per heavy atom. The number of fused-ring (bicyclic) bond motifs is 1. The summed E-state index contributed by atoms with van der Waals surface area (Å²) in [4.78, 5) is 14.0. The van der Waals surface area contributed by atoms with Crippen LogP contribution in [-0.2, 0) is 16.0 Å². The quantitative estimate of drug-likeness (QED) is 0.331. The zero-order valence-electron chi connectivity index (χ0n) is 17.9. The Hall–Kier alpha value is -2.32. The number of ether oxygens (including phenoxy) is 2. The van der Waals surface area contributed by atoms with E-state index in [0.29, 0.717) is 51.0 Å². The van der Waals surface area contributed by atoms with Crippen molar-refractivity contribution in [3.05, 3.63) is 69.7 Å². The van der Waals surface area contributed by atoms with Crippen LogP contribution in [0.15, 0.2) is 63.6 Å². The second-order valence-electron chi connectivity index (χ2n) is 7.08.